The predicted molar refractivity (Wildman–Crippen MR) is 96.9 cm³/mol. The molecule has 0 aliphatic rings. The lowest BCUT2D eigenvalue weighted by Gasteiger charge is -1.98. The van der Waals surface area contributed by atoms with Gasteiger partial charge in [-0.3, -0.25) is 9.78 Å². The summed E-state index contributed by atoms with van der Waals surface area (Å²) in [5, 5.41) is 4.28. The first-order chi connectivity index (χ1) is 12.7. The molecule has 0 aliphatic carbocycles. The molecule has 4 rings (SSSR count). The Morgan fingerprint density at radius 2 is 2.04 bits per heavy atom. The number of nitrogens with zero attached hydrogens (tertiary/aromatic N) is 4. The van der Waals surface area contributed by atoms with Crippen LogP contribution in [0.1, 0.15) is 15.9 Å². The molecule has 0 unspecified atom stereocenters. The molecule has 1 aromatic carbocycles. The molecule has 4 aromatic rings. The lowest BCUT2D eigenvalue weighted by molar-refractivity contribution is 0.0600. The van der Waals surface area contributed by atoms with Gasteiger partial charge in [0, 0.05) is 18.0 Å². The van der Waals surface area contributed by atoms with Gasteiger partial charge in [0.1, 0.15) is 0 Å². The zero-order chi connectivity index (χ0) is 18.1. The third kappa shape index (κ3) is 2.86. The number of thiazole rings is 1. The number of pyridine rings is 1. The highest BCUT2D eigenvalue weighted by Crippen LogP contribution is 2.14. The van der Waals surface area contributed by atoms with Gasteiger partial charge in [-0.25, -0.2) is 4.79 Å². The lowest BCUT2D eigenvalue weighted by atomic mass is 10.1. The van der Waals surface area contributed by atoms with Crippen LogP contribution in [0.15, 0.2) is 53.6 Å². The molecule has 0 aliphatic heterocycles. The normalized spacial score (nSPS) is 11.8. The van der Waals surface area contributed by atoms with Crippen LogP contribution >= 0.6 is 11.3 Å². The molecule has 0 N–H and O–H groups in total. The summed E-state index contributed by atoms with van der Waals surface area (Å²) in [6, 6.07) is 10.4. The van der Waals surface area contributed by atoms with E-state index in [9.17, 15) is 9.59 Å². The molecule has 8 heteroatoms. The van der Waals surface area contributed by atoms with E-state index in [0.717, 1.165) is 11.1 Å². The molecule has 3 aromatic heterocycles. The molecule has 0 atom stereocenters. The second-order valence-corrected chi connectivity index (χ2v) is 6.41. The number of methoxy groups -OCH3 is 1. The zero-order valence-electron chi connectivity index (χ0n) is 13.6. The number of hydrogen-bond donors (Lipinski definition) is 0. The van der Waals surface area contributed by atoms with E-state index in [4.69, 9.17) is 0 Å². The summed E-state index contributed by atoms with van der Waals surface area (Å²) in [4.78, 5) is 33.0. The Morgan fingerprint density at radius 1 is 1.23 bits per heavy atom. The van der Waals surface area contributed by atoms with Gasteiger partial charge < -0.3 is 4.74 Å². The van der Waals surface area contributed by atoms with Crippen molar-refractivity contribution in [3.05, 3.63) is 74.8 Å². The van der Waals surface area contributed by atoms with E-state index in [2.05, 4.69) is 19.8 Å². The van der Waals surface area contributed by atoms with Crippen molar-refractivity contribution < 1.29 is 9.53 Å². The van der Waals surface area contributed by atoms with E-state index in [1.54, 1.807) is 48.8 Å². The van der Waals surface area contributed by atoms with Crippen LogP contribution in [0.25, 0.3) is 22.4 Å². The number of carbonyl (C=O) groups excluding carboxylic acids is 1. The molecule has 0 fully saturated rings. The van der Waals surface area contributed by atoms with Gasteiger partial charge in [0.05, 0.1) is 17.2 Å². The average molecular weight is 364 g/mol. The van der Waals surface area contributed by atoms with Gasteiger partial charge in [-0.2, -0.15) is 9.50 Å². The van der Waals surface area contributed by atoms with E-state index in [1.165, 1.54) is 23.0 Å². The van der Waals surface area contributed by atoms with Crippen LogP contribution in [-0.4, -0.2) is 32.7 Å². The molecule has 128 valence electrons. The highest BCUT2D eigenvalue weighted by molar-refractivity contribution is 7.15. The third-order valence-electron chi connectivity index (χ3n) is 3.73. The van der Waals surface area contributed by atoms with E-state index >= 15 is 0 Å². The maximum Gasteiger partial charge on any atom is 0.337 e. The minimum absolute atomic E-state index is 0.232. The fourth-order valence-corrected chi connectivity index (χ4v) is 3.34. The molecule has 0 saturated heterocycles. The highest BCUT2D eigenvalue weighted by Gasteiger charge is 2.12. The lowest BCUT2D eigenvalue weighted by Crippen LogP contribution is -2.23. The maximum absolute atomic E-state index is 12.5. The standard InChI is InChI=1S/C18H12N4O3S/c1-25-17(24)12-6-4-11(5-7-12)9-14-16(23)22-18(26-14)20-15(21-22)13-3-2-8-19-10-13/h2-10H,1H3. The Labute approximate surface area is 151 Å². The highest BCUT2D eigenvalue weighted by atomic mass is 32.1. The Bertz CT molecular complexity index is 1200. The van der Waals surface area contributed by atoms with Crippen LogP contribution in [0.2, 0.25) is 0 Å². The van der Waals surface area contributed by atoms with Crippen molar-refractivity contribution >= 4 is 28.3 Å². The quantitative estimate of drug-likeness (QED) is 0.513. The van der Waals surface area contributed by atoms with Crippen LogP contribution in [0.5, 0.6) is 0 Å². The van der Waals surface area contributed by atoms with Gasteiger partial charge in [-0.15, -0.1) is 5.10 Å². The van der Waals surface area contributed by atoms with Gasteiger partial charge >= 0.3 is 5.97 Å². The molecule has 3 heterocycles. The Balaban J connectivity index is 1.72. The molecule has 0 spiro atoms. The number of fused-ring (bicyclic) bond motifs is 1. The van der Waals surface area contributed by atoms with Crippen LogP contribution in [-0.2, 0) is 4.74 Å². The van der Waals surface area contributed by atoms with Crippen molar-refractivity contribution in [3.63, 3.8) is 0 Å². The monoisotopic (exact) mass is 364 g/mol. The number of hydrogen-bond acceptors (Lipinski definition) is 7. The van der Waals surface area contributed by atoms with E-state index in [-0.39, 0.29) is 5.56 Å². The van der Waals surface area contributed by atoms with Gasteiger partial charge in [0.15, 0.2) is 5.82 Å². The molecule has 26 heavy (non-hydrogen) atoms. The van der Waals surface area contributed by atoms with Gasteiger partial charge in [-0.1, -0.05) is 23.5 Å². The van der Waals surface area contributed by atoms with Gasteiger partial charge in [0.25, 0.3) is 5.56 Å². The summed E-state index contributed by atoms with van der Waals surface area (Å²) in [6.07, 6.45) is 5.06. The van der Waals surface area contributed by atoms with Crippen molar-refractivity contribution in [3.8, 4) is 11.4 Å². The molecular formula is C18H12N4O3S. The van der Waals surface area contributed by atoms with E-state index in [0.29, 0.717) is 20.9 Å². The second-order valence-electron chi connectivity index (χ2n) is 5.40. The molecule has 0 bridgehead atoms. The maximum atomic E-state index is 12.5. The van der Waals surface area contributed by atoms with Crippen molar-refractivity contribution in [1.82, 2.24) is 19.6 Å². The summed E-state index contributed by atoms with van der Waals surface area (Å²) in [7, 11) is 1.33. The Kier molecular flexibility index (Phi) is 4.02. The van der Waals surface area contributed by atoms with Crippen molar-refractivity contribution in [2.75, 3.05) is 7.11 Å². The fraction of sp³-hybridized carbons (Fsp3) is 0.0556. The van der Waals surface area contributed by atoms with E-state index < -0.39 is 5.97 Å². The minimum atomic E-state index is -0.400. The number of rotatable bonds is 3. The fourth-order valence-electron chi connectivity index (χ4n) is 2.44. The average Bonchev–Trinajstić information content (AvgIpc) is 3.22. The van der Waals surface area contributed by atoms with Crippen LogP contribution in [0.3, 0.4) is 0 Å². The topological polar surface area (TPSA) is 86.4 Å². The molecule has 0 saturated carbocycles. The van der Waals surface area contributed by atoms with Crippen LogP contribution in [0, 0.1) is 0 Å². The Hall–Kier alpha value is -3.39. The van der Waals surface area contributed by atoms with Gasteiger partial charge in [-0.05, 0) is 35.9 Å². The largest absolute Gasteiger partial charge is 0.465 e. The molecule has 0 radical (unpaired) electrons. The summed E-state index contributed by atoms with van der Waals surface area (Å²) < 4.78 is 6.48. The van der Waals surface area contributed by atoms with Crippen molar-refractivity contribution in [2.24, 2.45) is 0 Å². The number of ether oxygens (including phenoxy) is 1. The number of benzene rings is 1. The van der Waals surface area contributed by atoms with E-state index in [1.807, 2.05) is 6.07 Å². The summed E-state index contributed by atoms with van der Waals surface area (Å²) in [6.45, 7) is 0. The molecule has 7 nitrogen and oxygen atoms in total. The number of esters is 1. The first-order valence-corrected chi connectivity index (χ1v) is 8.47. The molecule has 0 amide bonds. The predicted octanol–water partition coefficient (Wildman–Crippen LogP) is 1.55. The number of carbonyl (C=O) groups is 1. The molecular weight excluding hydrogens is 352 g/mol. The summed E-state index contributed by atoms with van der Waals surface area (Å²) in [5.41, 5.74) is 1.78. The second kappa shape index (κ2) is 6.49. The van der Waals surface area contributed by atoms with Crippen molar-refractivity contribution in [1.29, 1.82) is 0 Å². The number of aromatic nitrogens is 4. The first-order valence-electron chi connectivity index (χ1n) is 7.66. The third-order valence-corrected chi connectivity index (χ3v) is 4.69. The summed E-state index contributed by atoms with van der Waals surface area (Å²) >= 11 is 1.26. The zero-order valence-corrected chi connectivity index (χ0v) is 14.4. The first kappa shape index (κ1) is 16.1. The smallest absolute Gasteiger partial charge is 0.337 e. The van der Waals surface area contributed by atoms with Gasteiger partial charge in [0.2, 0.25) is 4.96 Å². The summed E-state index contributed by atoms with van der Waals surface area (Å²) in [5.74, 6) is 0.0678. The minimum Gasteiger partial charge on any atom is -0.465 e. The van der Waals surface area contributed by atoms with Crippen LogP contribution < -0.4 is 10.1 Å². The van der Waals surface area contributed by atoms with Crippen LogP contribution in [0.4, 0.5) is 0 Å². The Morgan fingerprint density at radius 3 is 2.69 bits per heavy atom. The SMILES string of the molecule is COC(=O)c1ccc(C=c2sc3nc(-c4cccnc4)nn3c2=O)cc1. The van der Waals surface area contributed by atoms with Crippen molar-refractivity contribution in [2.45, 2.75) is 0 Å².